The number of hydrogen-bond donors (Lipinski definition) is 0. The van der Waals surface area contributed by atoms with Gasteiger partial charge in [0.25, 0.3) is 0 Å². The van der Waals surface area contributed by atoms with Gasteiger partial charge in [-0.2, -0.15) is 0 Å². The third-order valence-corrected chi connectivity index (χ3v) is 4.34. The van der Waals surface area contributed by atoms with Crippen LogP contribution in [0.2, 0.25) is 0 Å². The molecule has 2 heterocycles. The molecule has 0 aliphatic heterocycles. The van der Waals surface area contributed by atoms with Gasteiger partial charge < -0.3 is 4.74 Å². The van der Waals surface area contributed by atoms with Crippen LogP contribution in [0.4, 0.5) is 4.39 Å². The lowest BCUT2D eigenvalue weighted by Crippen LogP contribution is -2.06. The Morgan fingerprint density at radius 2 is 2.13 bits per heavy atom. The van der Waals surface area contributed by atoms with Gasteiger partial charge in [-0.3, -0.25) is 0 Å². The van der Waals surface area contributed by atoms with Gasteiger partial charge in [0.15, 0.2) is 5.65 Å². The van der Waals surface area contributed by atoms with Crippen molar-refractivity contribution in [1.29, 1.82) is 0 Å². The minimum atomic E-state index is -0.503. The zero-order valence-electron chi connectivity index (χ0n) is 11.8. The zero-order chi connectivity index (χ0) is 16.4. The first kappa shape index (κ1) is 16.2. The van der Waals surface area contributed by atoms with Crippen LogP contribution >= 0.6 is 35.2 Å². The number of ether oxygens (including phenoxy) is 1. The van der Waals surface area contributed by atoms with Crippen LogP contribution in [-0.2, 0) is 7.25 Å². The summed E-state index contributed by atoms with van der Waals surface area (Å²) < 4.78 is 25.2. The van der Waals surface area contributed by atoms with Crippen molar-refractivity contribution in [3.63, 3.8) is 0 Å². The molecule has 3 aromatic rings. The van der Waals surface area contributed by atoms with E-state index in [4.69, 9.17) is 7.25 Å². The molecule has 0 aliphatic carbocycles. The quantitative estimate of drug-likeness (QED) is 0.339. The standard InChI is InChI=1S/C15H10FIN2O3S/c1-21-15(20)13-7-9-6-10(11-4-2-3-5-12(11)16)8-18-14(9)19(13)23-22-17/h2-8H,1H3. The molecular formula is C15H10FIN2O3S. The molecule has 0 amide bonds. The molecule has 0 saturated carbocycles. The maximum Gasteiger partial charge on any atom is 0.355 e. The third kappa shape index (κ3) is 3.06. The van der Waals surface area contributed by atoms with Gasteiger partial charge in [-0.1, -0.05) is 18.2 Å². The molecule has 1 aromatic carbocycles. The van der Waals surface area contributed by atoms with Crippen molar-refractivity contribution in [2.45, 2.75) is 0 Å². The monoisotopic (exact) mass is 444 g/mol. The molecule has 0 fully saturated rings. The summed E-state index contributed by atoms with van der Waals surface area (Å²) in [7, 11) is 1.30. The van der Waals surface area contributed by atoms with Gasteiger partial charge in [0.2, 0.25) is 0 Å². The number of methoxy groups -OCH3 is 1. The second kappa shape index (κ2) is 6.85. The molecule has 8 heteroatoms. The summed E-state index contributed by atoms with van der Waals surface area (Å²) in [6.45, 7) is 0. The Kier molecular flexibility index (Phi) is 4.83. The molecule has 3 rings (SSSR count). The molecule has 0 unspecified atom stereocenters. The van der Waals surface area contributed by atoms with Gasteiger partial charge >= 0.3 is 5.97 Å². The van der Waals surface area contributed by atoms with Crippen LogP contribution in [0.5, 0.6) is 0 Å². The van der Waals surface area contributed by atoms with Crippen LogP contribution in [0.3, 0.4) is 0 Å². The molecule has 0 bridgehead atoms. The summed E-state index contributed by atoms with van der Waals surface area (Å²) >= 11 is 2.66. The van der Waals surface area contributed by atoms with E-state index in [-0.39, 0.29) is 5.82 Å². The van der Waals surface area contributed by atoms with Crippen molar-refractivity contribution in [3.8, 4) is 11.1 Å². The van der Waals surface area contributed by atoms with Gasteiger partial charge in [0, 0.05) is 22.7 Å². The topological polar surface area (TPSA) is 53.3 Å². The normalized spacial score (nSPS) is 10.9. The van der Waals surface area contributed by atoms with Crippen LogP contribution in [0.15, 0.2) is 42.6 Å². The number of fused-ring (bicyclic) bond motifs is 1. The second-order valence-electron chi connectivity index (χ2n) is 4.57. The van der Waals surface area contributed by atoms with Gasteiger partial charge in [-0.25, -0.2) is 20.7 Å². The van der Waals surface area contributed by atoms with Crippen LogP contribution in [0.1, 0.15) is 10.5 Å². The molecule has 0 spiro atoms. The summed E-state index contributed by atoms with van der Waals surface area (Å²) in [5, 5.41) is 0.687. The van der Waals surface area contributed by atoms with E-state index in [9.17, 15) is 9.18 Å². The predicted octanol–water partition coefficient (Wildman–Crippen LogP) is 4.41. The van der Waals surface area contributed by atoms with Crippen LogP contribution < -0.4 is 0 Å². The van der Waals surface area contributed by atoms with Gasteiger partial charge in [-0.15, -0.1) is 0 Å². The highest BCUT2D eigenvalue weighted by atomic mass is 127. The number of aromatic nitrogens is 2. The molecule has 0 saturated heterocycles. The fourth-order valence-electron chi connectivity index (χ4n) is 2.26. The summed E-state index contributed by atoms with van der Waals surface area (Å²) in [6, 6.07) is 9.88. The highest BCUT2D eigenvalue weighted by Crippen LogP contribution is 2.30. The third-order valence-electron chi connectivity index (χ3n) is 3.28. The first-order valence-electron chi connectivity index (χ1n) is 6.46. The van der Waals surface area contributed by atoms with Crippen molar-refractivity contribution >= 4 is 52.2 Å². The average Bonchev–Trinajstić information content (AvgIpc) is 2.93. The molecule has 2 aromatic heterocycles. The lowest BCUT2D eigenvalue weighted by Gasteiger charge is -2.05. The number of benzene rings is 1. The second-order valence-corrected chi connectivity index (χ2v) is 6.29. The average molecular weight is 444 g/mol. The number of halogens is 2. The Balaban J connectivity index is 2.17. The fraction of sp³-hybridized carbons (Fsp3) is 0.0667. The van der Waals surface area contributed by atoms with E-state index in [1.54, 1.807) is 59.5 Å². The van der Waals surface area contributed by atoms with Gasteiger partial charge in [0.05, 0.1) is 7.11 Å². The molecule has 0 aliphatic rings. The van der Waals surface area contributed by atoms with Crippen molar-refractivity contribution in [2.24, 2.45) is 0 Å². The van der Waals surface area contributed by atoms with E-state index in [1.807, 2.05) is 0 Å². The Morgan fingerprint density at radius 1 is 1.35 bits per heavy atom. The Labute approximate surface area is 149 Å². The molecule has 0 N–H and O–H groups in total. The van der Waals surface area contributed by atoms with E-state index in [0.29, 0.717) is 27.9 Å². The SMILES string of the molecule is COC(=O)c1cc2cc(-c3ccccc3F)cnc2n1SOI. The molecule has 0 atom stereocenters. The summed E-state index contributed by atoms with van der Waals surface area (Å²) in [6.07, 6.45) is 1.56. The molecule has 5 nitrogen and oxygen atoms in total. The molecule has 23 heavy (non-hydrogen) atoms. The van der Waals surface area contributed by atoms with E-state index in [2.05, 4.69) is 4.98 Å². The number of nitrogens with zero attached hydrogens (tertiary/aromatic N) is 2. The number of hydrogen-bond acceptors (Lipinski definition) is 5. The zero-order valence-corrected chi connectivity index (χ0v) is 14.8. The van der Waals surface area contributed by atoms with Crippen molar-refractivity contribution in [2.75, 3.05) is 7.11 Å². The Hall–Kier alpha value is -1.65. The predicted molar refractivity (Wildman–Crippen MR) is 94.6 cm³/mol. The largest absolute Gasteiger partial charge is 0.464 e. The van der Waals surface area contributed by atoms with E-state index in [1.165, 1.54) is 17.1 Å². The lowest BCUT2D eigenvalue weighted by molar-refractivity contribution is 0.0593. The number of carbonyl (C=O) groups excluding carboxylic acids is 1. The van der Waals surface area contributed by atoms with Crippen molar-refractivity contribution < 1.29 is 16.4 Å². The van der Waals surface area contributed by atoms with Crippen LogP contribution in [0, 0.1) is 5.82 Å². The van der Waals surface area contributed by atoms with E-state index < -0.39 is 5.97 Å². The Bertz CT molecular complexity index is 884. The first-order chi connectivity index (χ1) is 11.2. The van der Waals surface area contributed by atoms with Gasteiger partial charge in [0.1, 0.15) is 46.7 Å². The number of carbonyl (C=O) groups is 1. The highest BCUT2D eigenvalue weighted by Gasteiger charge is 2.19. The van der Waals surface area contributed by atoms with E-state index in [0.717, 1.165) is 12.2 Å². The van der Waals surface area contributed by atoms with Crippen LogP contribution in [-0.4, -0.2) is 22.0 Å². The highest BCUT2D eigenvalue weighted by molar-refractivity contribution is 14.1. The number of pyridine rings is 1. The smallest absolute Gasteiger partial charge is 0.355 e. The molecular weight excluding hydrogens is 434 g/mol. The number of rotatable bonds is 4. The maximum atomic E-state index is 13.9. The van der Waals surface area contributed by atoms with Gasteiger partial charge in [-0.05, 0) is 18.2 Å². The number of esters is 1. The van der Waals surface area contributed by atoms with Crippen molar-refractivity contribution in [3.05, 3.63) is 54.1 Å². The fourth-order valence-corrected chi connectivity index (χ4v) is 3.23. The van der Waals surface area contributed by atoms with Crippen molar-refractivity contribution in [1.82, 2.24) is 8.96 Å². The minimum absolute atomic E-state index is 0.294. The lowest BCUT2D eigenvalue weighted by atomic mass is 10.1. The molecule has 0 radical (unpaired) electrons. The summed E-state index contributed by atoms with van der Waals surface area (Å²) in [5.74, 6) is -0.831. The first-order valence-corrected chi connectivity index (χ1v) is 8.04. The van der Waals surface area contributed by atoms with E-state index >= 15 is 0 Å². The summed E-state index contributed by atoms with van der Waals surface area (Å²) in [5.41, 5.74) is 1.91. The summed E-state index contributed by atoms with van der Waals surface area (Å²) in [4.78, 5) is 16.2. The maximum absolute atomic E-state index is 13.9. The minimum Gasteiger partial charge on any atom is -0.464 e. The van der Waals surface area contributed by atoms with Crippen LogP contribution in [0.25, 0.3) is 22.2 Å². The molecule has 118 valence electrons. The Morgan fingerprint density at radius 3 is 2.83 bits per heavy atom.